The van der Waals surface area contributed by atoms with E-state index in [0.717, 1.165) is 11.9 Å². The summed E-state index contributed by atoms with van der Waals surface area (Å²) < 4.78 is 4.72. The van der Waals surface area contributed by atoms with E-state index in [9.17, 15) is 4.79 Å². The molecule has 0 N–H and O–H groups in total. The monoisotopic (exact) mass is 192 g/mol. The molecule has 0 atom stereocenters. The molecule has 52 valence electrons. The SMILES string of the molecule is COCC=C(C=O)CBr. The second-order valence-corrected chi connectivity index (χ2v) is 2.05. The zero-order valence-electron chi connectivity index (χ0n) is 5.26. The van der Waals surface area contributed by atoms with Crippen molar-refractivity contribution >= 4 is 22.2 Å². The van der Waals surface area contributed by atoms with Crippen LogP contribution < -0.4 is 0 Å². The minimum Gasteiger partial charge on any atom is -0.381 e. The zero-order valence-corrected chi connectivity index (χ0v) is 6.85. The van der Waals surface area contributed by atoms with Gasteiger partial charge in [0.05, 0.1) is 6.61 Å². The molecule has 0 radical (unpaired) electrons. The Morgan fingerprint density at radius 3 is 2.78 bits per heavy atom. The van der Waals surface area contributed by atoms with Gasteiger partial charge in [-0.3, -0.25) is 4.79 Å². The molecular weight excluding hydrogens is 184 g/mol. The summed E-state index contributed by atoms with van der Waals surface area (Å²) in [6, 6.07) is 0. The van der Waals surface area contributed by atoms with Crippen LogP contribution in [0.1, 0.15) is 0 Å². The molecule has 0 amide bonds. The van der Waals surface area contributed by atoms with Gasteiger partial charge in [0.15, 0.2) is 0 Å². The lowest BCUT2D eigenvalue weighted by Crippen LogP contribution is -1.89. The van der Waals surface area contributed by atoms with Crippen molar-refractivity contribution in [1.82, 2.24) is 0 Å². The summed E-state index contributed by atoms with van der Waals surface area (Å²) in [5.74, 6) is 0. The van der Waals surface area contributed by atoms with Crippen LogP contribution in [0.3, 0.4) is 0 Å². The first-order chi connectivity index (χ1) is 4.35. The summed E-state index contributed by atoms with van der Waals surface area (Å²) in [5, 5.41) is 0.597. The van der Waals surface area contributed by atoms with Crippen molar-refractivity contribution in [2.24, 2.45) is 0 Å². The Hall–Kier alpha value is -0.150. The quantitative estimate of drug-likeness (QED) is 0.380. The molecule has 2 nitrogen and oxygen atoms in total. The zero-order chi connectivity index (χ0) is 7.11. The molecule has 0 heterocycles. The number of hydrogen-bond acceptors (Lipinski definition) is 2. The number of ether oxygens (including phenoxy) is 1. The summed E-state index contributed by atoms with van der Waals surface area (Å²) in [6.07, 6.45) is 2.55. The van der Waals surface area contributed by atoms with E-state index in [4.69, 9.17) is 4.74 Å². The molecule has 9 heavy (non-hydrogen) atoms. The molecule has 0 saturated carbocycles. The lowest BCUT2D eigenvalue weighted by Gasteiger charge is -1.90. The minimum atomic E-state index is 0.500. The van der Waals surface area contributed by atoms with Crippen LogP contribution in [0.4, 0.5) is 0 Å². The molecule has 0 aromatic carbocycles. The van der Waals surface area contributed by atoms with Gasteiger partial charge >= 0.3 is 0 Å². The van der Waals surface area contributed by atoms with E-state index in [1.165, 1.54) is 0 Å². The van der Waals surface area contributed by atoms with Crippen LogP contribution in [-0.4, -0.2) is 25.3 Å². The number of allylic oxidation sites excluding steroid dienone is 1. The number of carbonyl (C=O) groups is 1. The second-order valence-electron chi connectivity index (χ2n) is 1.49. The Bertz CT molecular complexity index is 110. The van der Waals surface area contributed by atoms with Gasteiger partial charge in [-0.05, 0) is 0 Å². The number of hydrogen-bond donors (Lipinski definition) is 0. The lowest BCUT2D eigenvalue weighted by atomic mass is 10.3. The van der Waals surface area contributed by atoms with Crippen molar-refractivity contribution in [2.75, 3.05) is 19.0 Å². The van der Waals surface area contributed by atoms with Crippen LogP contribution in [0.5, 0.6) is 0 Å². The summed E-state index contributed by atoms with van der Waals surface area (Å²) in [7, 11) is 1.59. The maximum absolute atomic E-state index is 10.1. The largest absolute Gasteiger partial charge is 0.381 e. The van der Waals surface area contributed by atoms with Crippen LogP contribution in [0.2, 0.25) is 0 Å². The Kier molecular flexibility index (Phi) is 5.88. The van der Waals surface area contributed by atoms with E-state index in [-0.39, 0.29) is 0 Å². The maximum Gasteiger partial charge on any atom is 0.146 e. The third-order valence-corrected chi connectivity index (χ3v) is 1.47. The van der Waals surface area contributed by atoms with Crippen molar-refractivity contribution in [3.8, 4) is 0 Å². The van der Waals surface area contributed by atoms with Crippen molar-refractivity contribution < 1.29 is 9.53 Å². The third kappa shape index (κ3) is 4.36. The van der Waals surface area contributed by atoms with E-state index in [1.807, 2.05) is 0 Å². The molecule has 0 aliphatic heterocycles. The Balaban J connectivity index is 3.61. The van der Waals surface area contributed by atoms with Gasteiger partial charge in [-0.15, -0.1) is 0 Å². The molecule has 0 saturated heterocycles. The van der Waals surface area contributed by atoms with Crippen molar-refractivity contribution in [1.29, 1.82) is 0 Å². The van der Waals surface area contributed by atoms with Gasteiger partial charge in [-0.2, -0.15) is 0 Å². The summed E-state index contributed by atoms with van der Waals surface area (Å²) in [4.78, 5) is 10.1. The fraction of sp³-hybridized carbons (Fsp3) is 0.500. The fourth-order valence-electron chi connectivity index (χ4n) is 0.325. The number of alkyl halides is 1. The van der Waals surface area contributed by atoms with Gasteiger partial charge in [-0.1, -0.05) is 22.0 Å². The van der Waals surface area contributed by atoms with Gasteiger partial charge in [-0.25, -0.2) is 0 Å². The number of aldehydes is 1. The maximum atomic E-state index is 10.1. The van der Waals surface area contributed by atoms with Gasteiger partial charge in [0, 0.05) is 18.0 Å². The lowest BCUT2D eigenvalue weighted by molar-refractivity contribution is -0.104. The van der Waals surface area contributed by atoms with E-state index in [0.29, 0.717) is 11.9 Å². The van der Waals surface area contributed by atoms with Gasteiger partial charge in [0.2, 0.25) is 0 Å². The van der Waals surface area contributed by atoms with Crippen molar-refractivity contribution in [3.05, 3.63) is 11.6 Å². The van der Waals surface area contributed by atoms with Gasteiger partial charge in [0.25, 0.3) is 0 Å². The first-order valence-electron chi connectivity index (χ1n) is 2.54. The average Bonchev–Trinajstić information content (AvgIpc) is 1.91. The number of methoxy groups -OCH3 is 1. The number of carbonyl (C=O) groups excluding carboxylic acids is 1. The molecule has 0 fully saturated rings. The number of rotatable bonds is 4. The van der Waals surface area contributed by atoms with Gasteiger partial charge in [0.1, 0.15) is 6.29 Å². The Morgan fingerprint density at radius 1 is 1.78 bits per heavy atom. The molecule has 0 bridgehead atoms. The van der Waals surface area contributed by atoms with Crippen molar-refractivity contribution in [2.45, 2.75) is 0 Å². The molecule has 0 aromatic heterocycles. The molecule has 0 rings (SSSR count). The molecule has 0 unspecified atom stereocenters. The predicted molar refractivity (Wildman–Crippen MR) is 39.8 cm³/mol. The highest BCUT2D eigenvalue weighted by Crippen LogP contribution is 1.94. The summed E-state index contributed by atoms with van der Waals surface area (Å²) in [6.45, 7) is 0.500. The summed E-state index contributed by atoms with van der Waals surface area (Å²) in [5.41, 5.74) is 0.719. The van der Waals surface area contributed by atoms with Crippen LogP contribution in [0.15, 0.2) is 11.6 Å². The van der Waals surface area contributed by atoms with E-state index in [1.54, 1.807) is 13.2 Å². The van der Waals surface area contributed by atoms with Crippen LogP contribution in [-0.2, 0) is 9.53 Å². The molecule has 0 spiro atoms. The topological polar surface area (TPSA) is 26.3 Å². The third-order valence-electron chi connectivity index (χ3n) is 0.818. The molecule has 0 aliphatic carbocycles. The minimum absolute atomic E-state index is 0.500. The van der Waals surface area contributed by atoms with E-state index < -0.39 is 0 Å². The van der Waals surface area contributed by atoms with Crippen molar-refractivity contribution in [3.63, 3.8) is 0 Å². The highest BCUT2D eigenvalue weighted by molar-refractivity contribution is 9.09. The van der Waals surface area contributed by atoms with Crippen LogP contribution in [0, 0.1) is 0 Å². The molecule has 3 heteroatoms. The van der Waals surface area contributed by atoms with Crippen LogP contribution in [0.25, 0.3) is 0 Å². The van der Waals surface area contributed by atoms with E-state index in [2.05, 4.69) is 15.9 Å². The Labute approximate surface area is 63.0 Å². The Morgan fingerprint density at radius 2 is 2.44 bits per heavy atom. The summed E-state index contributed by atoms with van der Waals surface area (Å²) >= 11 is 3.15. The van der Waals surface area contributed by atoms with Crippen LogP contribution >= 0.6 is 15.9 Å². The van der Waals surface area contributed by atoms with Gasteiger partial charge < -0.3 is 4.74 Å². The number of halogens is 1. The smallest absolute Gasteiger partial charge is 0.146 e. The molecular formula is C6H9BrO2. The first kappa shape index (κ1) is 8.85. The first-order valence-corrected chi connectivity index (χ1v) is 3.66. The fourth-order valence-corrected chi connectivity index (χ4v) is 0.686. The highest BCUT2D eigenvalue weighted by atomic mass is 79.9. The second kappa shape index (κ2) is 5.98. The predicted octanol–water partition coefficient (Wildman–Crippen LogP) is 1.15. The highest BCUT2D eigenvalue weighted by Gasteiger charge is 1.88. The average molecular weight is 193 g/mol. The molecule has 0 aliphatic rings. The van der Waals surface area contributed by atoms with E-state index >= 15 is 0 Å². The standard InChI is InChI=1S/C6H9BrO2/c1-9-3-2-6(4-7)5-8/h2,5H,3-4H2,1H3. The normalized spacial score (nSPS) is 11.6. The molecule has 0 aromatic rings.